The highest BCUT2D eigenvalue weighted by molar-refractivity contribution is 6.17. The maximum absolute atomic E-state index is 12.2. The van der Waals surface area contributed by atoms with Gasteiger partial charge in [-0.15, -0.1) is 11.6 Å². The van der Waals surface area contributed by atoms with E-state index in [1.54, 1.807) is 0 Å². The highest BCUT2D eigenvalue weighted by atomic mass is 35.5. The highest BCUT2D eigenvalue weighted by Crippen LogP contribution is 2.50. The molecule has 0 heterocycles. The molecule has 2 bridgehead atoms. The minimum absolute atomic E-state index is 0.332. The lowest BCUT2D eigenvalue weighted by molar-refractivity contribution is -0.126. The smallest absolute Gasteiger partial charge is 0.223 e. The van der Waals surface area contributed by atoms with E-state index in [4.69, 9.17) is 11.6 Å². The van der Waals surface area contributed by atoms with E-state index in [9.17, 15) is 4.79 Å². The van der Waals surface area contributed by atoms with Gasteiger partial charge in [0.15, 0.2) is 0 Å². The Morgan fingerprint density at radius 3 is 2.65 bits per heavy atom. The van der Waals surface area contributed by atoms with Gasteiger partial charge in [0.25, 0.3) is 0 Å². The van der Waals surface area contributed by atoms with Crippen LogP contribution in [0.3, 0.4) is 0 Å². The molecule has 0 saturated heterocycles. The summed E-state index contributed by atoms with van der Waals surface area (Å²) in [4.78, 5) is 12.2. The number of halogens is 1. The normalized spacial score (nSPS) is 37.1. The molecule has 17 heavy (non-hydrogen) atoms. The Labute approximate surface area is 108 Å². The zero-order chi connectivity index (χ0) is 11.9. The first-order chi connectivity index (χ1) is 8.22. The van der Waals surface area contributed by atoms with Crippen molar-refractivity contribution in [3.63, 3.8) is 0 Å². The third-order valence-electron chi connectivity index (χ3n) is 5.29. The van der Waals surface area contributed by atoms with Gasteiger partial charge in [0.2, 0.25) is 5.91 Å². The molecule has 3 aliphatic carbocycles. The molecule has 1 N–H and O–H groups in total. The van der Waals surface area contributed by atoms with Crippen molar-refractivity contribution in [2.45, 2.75) is 44.9 Å². The van der Waals surface area contributed by atoms with Gasteiger partial charge in [-0.25, -0.2) is 0 Å². The van der Waals surface area contributed by atoms with Crippen molar-refractivity contribution in [2.24, 2.45) is 23.2 Å². The van der Waals surface area contributed by atoms with Gasteiger partial charge in [0.1, 0.15) is 0 Å². The van der Waals surface area contributed by atoms with Gasteiger partial charge in [0.05, 0.1) is 0 Å². The summed E-state index contributed by atoms with van der Waals surface area (Å²) >= 11 is 5.81. The zero-order valence-electron chi connectivity index (χ0n) is 10.4. The predicted octanol–water partition coefficient (Wildman–Crippen LogP) is 2.95. The molecule has 96 valence electrons. The van der Waals surface area contributed by atoms with Gasteiger partial charge in [-0.3, -0.25) is 4.79 Å². The number of hydrogen-bond acceptors (Lipinski definition) is 1. The fourth-order valence-electron chi connectivity index (χ4n) is 3.86. The second-order valence-electron chi connectivity index (χ2n) is 6.44. The van der Waals surface area contributed by atoms with Crippen LogP contribution in [0.15, 0.2) is 0 Å². The molecule has 0 aliphatic heterocycles. The first-order valence-electron chi connectivity index (χ1n) is 7.06. The van der Waals surface area contributed by atoms with Crippen LogP contribution in [0.4, 0.5) is 0 Å². The second-order valence-corrected chi connectivity index (χ2v) is 6.82. The number of rotatable bonds is 5. The lowest BCUT2D eigenvalue weighted by Crippen LogP contribution is -2.37. The lowest BCUT2D eigenvalue weighted by Gasteiger charge is -2.22. The number of alkyl halides is 1. The minimum atomic E-state index is 0.332. The van der Waals surface area contributed by atoms with Crippen molar-refractivity contribution in [3.8, 4) is 0 Å². The number of carbonyl (C=O) groups is 1. The van der Waals surface area contributed by atoms with Crippen LogP contribution in [0, 0.1) is 23.2 Å². The Balaban J connectivity index is 1.48. The summed E-state index contributed by atoms with van der Waals surface area (Å²) in [6.45, 7) is 0.867. The van der Waals surface area contributed by atoms with E-state index < -0.39 is 0 Å². The summed E-state index contributed by atoms with van der Waals surface area (Å²) in [5, 5.41) is 3.20. The van der Waals surface area contributed by atoms with E-state index in [2.05, 4.69) is 5.32 Å². The highest BCUT2D eigenvalue weighted by Gasteiger charge is 2.45. The monoisotopic (exact) mass is 255 g/mol. The Bertz CT molecular complexity index is 313. The number of amides is 1. The number of hydrogen-bond donors (Lipinski definition) is 1. The van der Waals surface area contributed by atoms with Crippen molar-refractivity contribution in [1.82, 2.24) is 5.32 Å². The Hall–Kier alpha value is -0.240. The van der Waals surface area contributed by atoms with Crippen molar-refractivity contribution in [2.75, 3.05) is 12.4 Å². The van der Waals surface area contributed by atoms with Gasteiger partial charge in [-0.1, -0.05) is 6.42 Å². The van der Waals surface area contributed by atoms with E-state index in [1.165, 1.54) is 32.1 Å². The summed E-state index contributed by atoms with van der Waals surface area (Å²) in [6, 6.07) is 0. The van der Waals surface area contributed by atoms with Crippen LogP contribution in [0.25, 0.3) is 0 Å². The second kappa shape index (κ2) is 4.46. The van der Waals surface area contributed by atoms with Crippen LogP contribution < -0.4 is 5.32 Å². The van der Waals surface area contributed by atoms with E-state index in [0.717, 1.165) is 31.2 Å². The first kappa shape index (κ1) is 11.8. The molecule has 0 radical (unpaired) electrons. The van der Waals surface area contributed by atoms with Crippen molar-refractivity contribution < 1.29 is 4.79 Å². The quantitative estimate of drug-likeness (QED) is 0.752. The van der Waals surface area contributed by atoms with E-state index in [1.807, 2.05) is 0 Å². The first-order valence-corrected chi connectivity index (χ1v) is 7.60. The molecule has 1 amide bonds. The number of fused-ring (bicyclic) bond motifs is 2. The molecule has 0 spiro atoms. The molecule has 0 aromatic heterocycles. The maximum Gasteiger partial charge on any atom is 0.223 e. The third-order valence-corrected chi connectivity index (χ3v) is 5.48. The molecule has 3 rings (SSSR count). The molecule has 0 aromatic rings. The molecule has 2 nitrogen and oxygen atoms in total. The molecule has 3 heteroatoms. The number of nitrogens with one attached hydrogen (secondary N) is 1. The van der Waals surface area contributed by atoms with Crippen LogP contribution in [-0.4, -0.2) is 18.3 Å². The predicted molar refractivity (Wildman–Crippen MR) is 69.0 cm³/mol. The van der Waals surface area contributed by atoms with E-state index in [0.29, 0.717) is 23.2 Å². The average Bonchev–Trinajstić information content (AvgIpc) is 2.79. The Kier molecular flexibility index (Phi) is 3.10. The van der Waals surface area contributed by atoms with Crippen LogP contribution in [0.2, 0.25) is 0 Å². The summed E-state index contributed by atoms with van der Waals surface area (Å²) < 4.78 is 0. The fraction of sp³-hybridized carbons (Fsp3) is 0.929. The lowest BCUT2D eigenvalue weighted by atomic mass is 9.88. The molecule has 3 aliphatic rings. The zero-order valence-corrected chi connectivity index (χ0v) is 11.1. The Morgan fingerprint density at radius 1 is 1.29 bits per heavy atom. The standard InChI is InChI=1S/C14H22ClNO/c15-6-5-14(3-4-14)9-16-13(17)12-8-10-1-2-11(12)7-10/h10-12H,1-9H2,(H,16,17). The Morgan fingerprint density at radius 2 is 2.12 bits per heavy atom. The largest absolute Gasteiger partial charge is 0.355 e. The van der Waals surface area contributed by atoms with Gasteiger partial charge in [-0.05, 0) is 55.8 Å². The summed E-state index contributed by atoms with van der Waals surface area (Å²) in [6.07, 6.45) is 8.67. The summed E-state index contributed by atoms with van der Waals surface area (Å²) in [5.41, 5.74) is 0.370. The van der Waals surface area contributed by atoms with Crippen LogP contribution in [0.1, 0.15) is 44.9 Å². The van der Waals surface area contributed by atoms with Gasteiger partial charge in [-0.2, -0.15) is 0 Å². The van der Waals surface area contributed by atoms with Gasteiger partial charge < -0.3 is 5.32 Å². The molecule has 3 fully saturated rings. The van der Waals surface area contributed by atoms with Crippen LogP contribution in [0.5, 0.6) is 0 Å². The van der Waals surface area contributed by atoms with Crippen molar-refractivity contribution in [3.05, 3.63) is 0 Å². The van der Waals surface area contributed by atoms with Gasteiger partial charge in [0, 0.05) is 18.3 Å². The van der Waals surface area contributed by atoms with Crippen molar-refractivity contribution >= 4 is 17.5 Å². The topological polar surface area (TPSA) is 29.1 Å². The molecular weight excluding hydrogens is 234 g/mol. The summed E-state index contributed by atoms with van der Waals surface area (Å²) in [5.74, 6) is 2.94. The SMILES string of the molecule is O=C(NCC1(CCCl)CC1)C1CC2CCC1C2. The molecule has 0 aromatic carbocycles. The number of carbonyl (C=O) groups excluding carboxylic acids is 1. The molecular formula is C14H22ClNO. The van der Waals surface area contributed by atoms with Crippen molar-refractivity contribution in [1.29, 1.82) is 0 Å². The molecule has 3 unspecified atom stereocenters. The summed E-state index contributed by atoms with van der Waals surface area (Å²) in [7, 11) is 0. The molecule has 3 atom stereocenters. The minimum Gasteiger partial charge on any atom is -0.355 e. The van der Waals surface area contributed by atoms with Crippen LogP contribution >= 0.6 is 11.6 Å². The van der Waals surface area contributed by atoms with E-state index in [-0.39, 0.29) is 0 Å². The maximum atomic E-state index is 12.2. The third kappa shape index (κ3) is 2.33. The average molecular weight is 256 g/mol. The fourth-order valence-corrected chi connectivity index (χ4v) is 4.26. The van der Waals surface area contributed by atoms with E-state index >= 15 is 0 Å². The van der Waals surface area contributed by atoms with Gasteiger partial charge >= 0.3 is 0 Å². The molecule has 3 saturated carbocycles. The van der Waals surface area contributed by atoms with Crippen LogP contribution in [-0.2, 0) is 4.79 Å².